The van der Waals surface area contributed by atoms with E-state index in [2.05, 4.69) is 84.9 Å². The first kappa shape index (κ1) is 24.5. The Balaban J connectivity index is 1.29. The van der Waals surface area contributed by atoms with Gasteiger partial charge >= 0.3 is 0 Å². The zero-order valence-corrected chi connectivity index (χ0v) is 23.8. The van der Waals surface area contributed by atoms with Crippen molar-refractivity contribution in [1.29, 1.82) is 0 Å². The fraction of sp³-hybridized carbons (Fsp3) is 0.143. The number of nitrogens with zero attached hydrogens (tertiary/aromatic N) is 6. The largest absolute Gasteiger partial charge is 0.439 e. The Hall–Kier alpha value is -5.30. The maximum Gasteiger partial charge on any atom is 0.219 e. The average molecular weight is 549 g/mol. The molecule has 8 aromatic rings. The quantitative estimate of drug-likeness (QED) is 0.208. The summed E-state index contributed by atoms with van der Waals surface area (Å²) in [6.07, 6.45) is 3.70. The Morgan fingerprint density at radius 2 is 1.48 bits per heavy atom. The second-order valence-electron chi connectivity index (χ2n) is 11.8. The van der Waals surface area contributed by atoms with Crippen LogP contribution in [0.15, 0.2) is 97.3 Å². The Kier molecular flexibility index (Phi) is 5.16. The summed E-state index contributed by atoms with van der Waals surface area (Å²) in [5, 5.41) is 7.98. The van der Waals surface area contributed by atoms with Gasteiger partial charge < -0.3 is 4.74 Å². The van der Waals surface area contributed by atoms with Crippen molar-refractivity contribution in [2.24, 2.45) is 0 Å². The van der Waals surface area contributed by atoms with Crippen LogP contribution in [0.4, 0.5) is 0 Å². The highest BCUT2D eigenvalue weighted by molar-refractivity contribution is 6.10. The molecule has 2 aromatic carbocycles. The lowest BCUT2D eigenvalue weighted by Crippen LogP contribution is -2.12. The molecule has 0 spiro atoms. The molecule has 7 nitrogen and oxygen atoms in total. The lowest BCUT2D eigenvalue weighted by atomic mass is 9.88. The molecule has 6 aromatic heterocycles. The summed E-state index contributed by atoms with van der Waals surface area (Å²) in [6, 6.07) is 28.9. The van der Waals surface area contributed by atoms with Gasteiger partial charge in [0, 0.05) is 40.7 Å². The van der Waals surface area contributed by atoms with Crippen LogP contribution in [-0.4, -0.2) is 29.1 Å². The molecule has 0 amide bonds. The standard InChI is InChI=1S/C35H28N6O/c1-21-18-30-34-26(33-28(41(30)39-21)10-7-16-37-33)13-14-32(38-34)42-23-11-12-25-24-8-5-6-9-27(24)40(29(25)20-23)31-19-22(15-17-36-31)35(2,3)4/h5-20H,1-4H3. The highest BCUT2D eigenvalue weighted by Crippen LogP contribution is 2.36. The van der Waals surface area contributed by atoms with Gasteiger partial charge in [0.05, 0.1) is 33.3 Å². The van der Waals surface area contributed by atoms with E-state index in [1.54, 1.807) is 6.20 Å². The number of rotatable bonds is 3. The predicted octanol–water partition coefficient (Wildman–Crippen LogP) is 8.32. The van der Waals surface area contributed by atoms with Crippen LogP contribution in [0.1, 0.15) is 32.0 Å². The number of pyridine rings is 4. The minimum absolute atomic E-state index is 0.00674. The number of benzene rings is 2. The highest BCUT2D eigenvalue weighted by Gasteiger charge is 2.19. The third-order valence-electron chi connectivity index (χ3n) is 7.92. The average Bonchev–Trinajstić information content (AvgIpc) is 3.55. The topological polar surface area (TPSA) is 70.1 Å². The molecule has 7 heteroatoms. The van der Waals surface area contributed by atoms with Gasteiger partial charge in [0.15, 0.2) is 0 Å². The van der Waals surface area contributed by atoms with Gasteiger partial charge in [-0.2, -0.15) is 5.10 Å². The van der Waals surface area contributed by atoms with Crippen LogP contribution in [-0.2, 0) is 5.41 Å². The van der Waals surface area contributed by atoms with E-state index in [0.717, 1.165) is 55.4 Å². The van der Waals surface area contributed by atoms with E-state index in [0.29, 0.717) is 11.6 Å². The van der Waals surface area contributed by atoms with Crippen molar-refractivity contribution in [2.45, 2.75) is 33.1 Å². The summed E-state index contributed by atoms with van der Waals surface area (Å²) in [7, 11) is 0. The maximum atomic E-state index is 6.43. The number of fused-ring (bicyclic) bond motifs is 9. The predicted molar refractivity (Wildman–Crippen MR) is 168 cm³/mol. The van der Waals surface area contributed by atoms with Crippen LogP contribution in [0.5, 0.6) is 11.6 Å². The zero-order valence-electron chi connectivity index (χ0n) is 23.8. The first-order valence-electron chi connectivity index (χ1n) is 14.1. The van der Waals surface area contributed by atoms with E-state index >= 15 is 0 Å². The molecule has 0 radical (unpaired) electrons. The normalized spacial score (nSPS) is 12.3. The second kappa shape index (κ2) is 8.85. The summed E-state index contributed by atoms with van der Waals surface area (Å²) in [5.74, 6) is 2.09. The van der Waals surface area contributed by atoms with Gasteiger partial charge in [-0.25, -0.2) is 14.5 Å². The Morgan fingerprint density at radius 3 is 2.36 bits per heavy atom. The third-order valence-corrected chi connectivity index (χ3v) is 7.92. The number of aryl methyl sites for hydroxylation is 1. The van der Waals surface area contributed by atoms with Crippen LogP contribution in [0.25, 0.3) is 55.1 Å². The molecule has 6 heterocycles. The van der Waals surface area contributed by atoms with E-state index in [-0.39, 0.29) is 5.41 Å². The van der Waals surface area contributed by atoms with Crippen molar-refractivity contribution in [3.63, 3.8) is 0 Å². The zero-order chi connectivity index (χ0) is 28.6. The highest BCUT2D eigenvalue weighted by atomic mass is 16.5. The van der Waals surface area contributed by atoms with Crippen molar-refractivity contribution >= 4 is 49.3 Å². The van der Waals surface area contributed by atoms with Gasteiger partial charge in [0.2, 0.25) is 5.88 Å². The molecule has 0 atom stereocenters. The number of ether oxygens (including phenoxy) is 1. The molecule has 42 heavy (non-hydrogen) atoms. The molecular formula is C35H28N6O. The Labute approximate surface area is 242 Å². The SMILES string of the molecule is Cc1cc2c3nc(Oc4ccc5c6ccccc6n(-c6cc(C(C)(C)C)ccn6)c5c4)ccc3c3ncccc3n2n1. The molecule has 0 unspecified atom stereocenters. The fourth-order valence-electron chi connectivity index (χ4n) is 5.90. The number of hydrogen-bond donors (Lipinski definition) is 0. The van der Waals surface area contributed by atoms with Gasteiger partial charge in [-0.15, -0.1) is 0 Å². The molecule has 0 N–H and O–H groups in total. The third kappa shape index (κ3) is 3.74. The summed E-state index contributed by atoms with van der Waals surface area (Å²) in [5.41, 5.74) is 7.82. The Morgan fingerprint density at radius 1 is 0.667 bits per heavy atom. The van der Waals surface area contributed by atoms with E-state index in [9.17, 15) is 0 Å². The van der Waals surface area contributed by atoms with Crippen LogP contribution in [0, 0.1) is 6.92 Å². The molecule has 0 aliphatic rings. The number of aromatic nitrogens is 6. The minimum atomic E-state index is 0.00674. The molecule has 0 aliphatic heterocycles. The molecule has 204 valence electrons. The smallest absolute Gasteiger partial charge is 0.219 e. The molecule has 0 aliphatic carbocycles. The van der Waals surface area contributed by atoms with Crippen molar-refractivity contribution in [3.05, 3.63) is 109 Å². The lowest BCUT2D eigenvalue weighted by molar-refractivity contribution is 0.466. The maximum absolute atomic E-state index is 6.43. The number of para-hydroxylation sites is 1. The van der Waals surface area contributed by atoms with Crippen molar-refractivity contribution in [2.75, 3.05) is 0 Å². The molecule has 8 rings (SSSR count). The molecule has 0 bridgehead atoms. The summed E-state index contributed by atoms with van der Waals surface area (Å²) in [4.78, 5) is 14.4. The van der Waals surface area contributed by atoms with Gasteiger partial charge in [-0.05, 0) is 72.5 Å². The minimum Gasteiger partial charge on any atom is -0.439 e. The van der Waals surface area contributed by atoms with E-state index < -0.39 is 0 Å². The van der Waals surface area contributed by atoms with Crippen LogP contribution >= 0.6 is 0 Å². The monoisotopic (exact) mass is 548 g/mol. The number of hydrogen-bond acceptors (Lipinski definition) is 5. The van der Waals surface area contributed by atoms with Gasteiger partial charge in [-0.1, -0.05) is 39.0 Å². The second-order valence-corrected chi connectivity index (χ2v) is 11.8. The van der Waals surface area contributed by atoms with Crippen molar-refractivity contribution in [3.8, 4) is 17.4 Å². The molecule has 0 fully saturated rings. The van der Waals surface area contributed by atoms with Crippen molar-refractivity contribution in [1.82, 2.24) is 29.1 Å². The van der Waals surface area contributed by atoms with Crippen LogP contribution in [0.3, 0.4) is 0 Å². The van der Waals surface area contributed by atoms with E-state index in [4.69, 9.17) is 19.8 Å². The van der Waals surface area contributed by atoms with E-state index in [1.165, 1.54) is 10.9 Å². The van der Waals surface area contributed by atoms with Crippen molar-refractivity contribution < 1.29 is 4.74 Å². The Bertz CT molecular complexity index is 2340. The first-order chi connectivity index (χ1) is 20.3. The van der Waals surface area contributed by atoms with E-state index in [1.807, 2.05) is 48.0 Å². The molecule has 0 saturated carbocycles. The van der Waals surface area contributed by atoms with Crippen LogP contribution in [0.2, 0.25) is 0 Å². The summed E-state index contributed by atoms with van der Waals surface area (Å²) in [6.45, 7) is 8.65. The lowest BCUT2D eigenvalue weighted by Gasteiger charge is -2.20. The van der Waals surface area contributed by atoms with Gasteiger partial charge in [0.1, 0.15) is 17.1 Å². The van der Waals surface area contributed by atoms with Gasteiger partial charge in [0.25, 0.3) is 0 Å². The summed E-state index contributed by atoms with van der Waals surface area (Å²) < 4.78 is 10.6. The first-order valence-corrected chi connectivity index (χ1v) is 14.1. The fourth-order valence-corrected chi connectivity index (χ4v) is 5.90. The molecule has 0 saturated heterocycles. The van der Waals surface area contributed by atoms with Crippen LogP contribution < -0.4 is 4.74 Å². The summed E-state index contributed by atoms with van der Waals surface area (Å²) >= 11 is 0. The van der Waals surface area contributed by atoms with Gasteiger partial charge in [-0.3, -0.25) is 9.55 Å². The molecular weight excluding hydrogens is 520 g/mol.